The minimum Gasteiger partial charge on any atom is -0.383 e. The molecule has 0 bridgehead atoms. The van der Waals surface area contributed by atoms with Gasteiger partial charge in [0.15, 0.2) is 0 Å². The Balaban J connectivity index is 2.23. The van der Waals surface area contributed by atoms with Crippen molar-refractivity contribution in [3.8, 4) is 0 Å². The number of rotatable bonds is 8. The van der Waals surface area contributed by atoms with Gasteiger partial charge in [-0.1, -0.05) is 6.92 Å². The Kier molecular flexibility index (Phi) is 5.90. The summed E-state index contributed by atoms with van der Waals surface area (Å²) in [5.74, 6) is 0.701. The van der Waals surface area contributed by atoms with Crippen LogP contribution in [0.2, 0.25) is 0 Å². The summed E-state index contributed by atoms with van der Waals surface area (Å²) in [6, 6.07) is 0.835. The number of methoxy groups -OCH3 is 1. The van der Waals surface area contributed by atoms with Gasteiger partial charge in [-0.15, -0.1) is 0 Å². The molecule has 0 aromatic rings. The summed E-state index contributed by atoms with van der Waals surface area (Å²) < 4.78 is 5.19. The predicted molar refractivity (Wildman–Crippen MR) is 73.4 cm³/mol. The van der Waals surface area contributed by atoms with Crippen LogP contribution in [0.25, 0.3) is 0 Å². The molecule has 1 aliphatic rings. The molecule has 0 spiro atoms. The van der Waals surface area contributed by atoms with Gasteiger partial charge in [-0.2, -0.15) is 0 Å². The molecule has 1 saturated carbocycles. The van der Waals surface area contributed by atoms with Crippen molar-refractivity contribution in [3.05, 3.63) is 0 Å². The predicted octanol–water partition coefficient (Wildman–Crippen LogP) is 2.12. The van der Waals surface area contributed by atoms with Gasteiger partial charge >= 0.3 is 0 Å². The minimum atomic E-state index is 0.227. The van der Waals surface area contributed by atoms with Crippen LogP contribution in [0, 0.1) is 5.92 Å². The van der Waals surface area contributed by atoms with Gasteiger partial charge in [-0.3, -0.25) is 4.90 Å². The van der Waals surface area contributed by atoms with Crippen molar-refractivity contribution in [2.45, 2.75) is 52.1 Å². The second kappa shape index (κ2) is 6.72. The van der Waals surface area contributed by atoms with Crippen molar-refractivity contribution in [1.82, 2.24) is 10.2 Å². The lowest BCUT2D eigenvalue weighted by molar-refractivity contribution is 0.132. The van der Waals surface area contributed by atoms with E-state index in [2.05, 4.69) is 37.9 Å². The smallest absolute Gasteiger partial charge is 0.0589 e. The van der Waals surface area contributed by atoms with Gasteiger partial charge in [0.25, 0.3) is 0 Å². The van der Waals surface area contributed by atoms with Crippen LogP contribution < -0.4 is 5.32 Å². The first kappa shape index (κ1) is 14.9. The molecule has 3 nitrogen and oxygen atoms in total. The number of ether oxygens (including phenoxy) is 1. The molecule has 102 valence electrons. The molecule has 0 saturated heterocycles. The molecule has 0 aliphatic heterocycles. The lowest BCUT2D eigenvalue weighted by atomic mass is 10.1. The van der Waals surface area contributed by atoms with E-state index in [1.165, 1.54) is 19.4 Å². The zero-order valence-corrected chi connectivity index (χ0v) is 12.3. The van der Waals surface area contributed by atoms with E-state index in [-0.39, 0.29) is 5.54 Å². The average molecular weight is 242 g/mol. The Morgan fingerprint density at radius 2 is 2.00 bits per heavy atom. The number of nitrogens with one attached hydrogen (secondary N) is 1. The summed E-state index contributed by atoms with van der Waals surface area (Å²) in [4.78, 5) is 2.60. The standard InChI is InChI=1S/C14H30N2O/c1-12(10-15-14(2,3)4)11-16(8-9-17-5)13-6-7-13/h12-13,15H,6-11H2,1-5H3. The van der Waals surface area contributed by atoms with Crippen LogP contribution in [-0.4, -0.2) is 49.8 Å². The highest BCUT2D eigenvalue weighted by atomic mass is 16.5. The average Bonchev–Trinajstić information content (AvgIpc) is 3.04. The molecule has 17 heavy (non-hydrogen) atoms. The van der Waals surface area contributed by atoms with E-state index >= 15 is 0 Å². The fraction of sp³-hybridized carbons (Fsp3) is 1.00. The topological polar surface area (TPSA) is 24.5 Å². The fourth-order valence-corrected chi connectivity index (χ4v) is 2.02. The van der Waals surface area contributed by atoms with Crippen molar-refractivity contribution in [2.24, 2.45) is 5.92 Å². The monoisotopic (exact) mass is 242 g/mol. The van der Waals surface area contributed by atoms with E-state index in [1.807, 2.05) is 0 Å². The molecule has 0 aromatic carbocycles. The van der Waals surface area contributed by atoms with Crippen LogP contribution in [0.5, 0.6) is 0 Å². The lowest BCUT2D eigenvalue weighted by Crippen LogP contribution is -2.42. The Bertz CT molecular complexity index is 209. The molecule has 0 amide bonds. The lowest BCUT2D eigenvalue weighted by Gasteiger charge is -2.28. The van der Waals surface area contributed by atoms with Crippen molar-refractivity contribution < 1.29 is 4.74 Å². The molecule has 1 atom stereocenters. The van der Waals surface area contributed by atoms with Gasteiger partial charge in [0.2, 0.25) is 0 Å². The van der Waals surface area contributed by atoms with Crippen LogP contribution in [0.3, 0.4) is 0 Å². The Morgan fingerprint density at radius 1 is 1.35 bits per heavy atom. The summed E-state index contributed by atoms with van der Waals surface area (Å²) in [6.07, 6.45) is 2.76. The van der Waals surface area contributed by atoms with Crippen LogP contribution >= 0.6 is 0 Å². The highest BCUT2D eigenvalue weighted by Gasteiger charge is 2.29. The van der Waals surface area contributed by atoms with Crippen LogP contribution in [0.15, 0.2) is 0 Å². The van der Waals surface area contributed by atoms with Crippen molar-refractivity contribution >= 4 is 0 Å². The van der Waals surface area contributed by atoms with E-state index in [0.717, 1.165) is 25.7 Å². The molecule has 1 fully saturated rings. The number of hydrogen-bond acceptors (Lipinski definition) is 3. The molecule has 1 unspecified atom stereocenters. The molecule has 0 radical (unpaired) electrons. The van der Waals surface area contributed by atoms with Crippen LogP contribution in [0.4, 0.5) is 0 Å². The molecule has 1 aliphatic carbocycles. The zero-order valence-electron chi connectivity index (χ0n) is 12.3. The maximum Gasteiger partial charge on any atom is 0.0589 e. The third-order valence-electron chi connectivity index (χ3n) is 3.17. The second-order valence-electron chi connectivity index (χ2n) is 6.45. The normalized spacial score (nSPS) is 18.7. The molecule has 0 aromatic heterocycles. The third kappa shape index (κ3) is 7.02. The summed E-state index contributed by atoms with van der Waals surface area (Å²) in [6.45, 7) is 13.2. The van der Waals surface area contributed by atoms with E-state index in [4.69, 9.17) is 4.74 Å². The molecule has 1 rings (SSSR count). The first-order valence-corrected chi connectivity index (χ1v) is 6.90. The van der Waals surface area contributed by atoms with Gasteiger partial charge in [-0.25, -0.2) is 0 Å². The molecule has 3 heteroatoms. The minimum absolute atomic E-state index is 0.227. The molecule has 1 N–H and O–H groups in total. The summed E-state index contributed by atoms with van der Waals surface area (Å²) >= 11 is 0. The Hall–Kier alpha value is -0.120. The number of hydrogen-bond donors (Lipinski definition) is 1. The quantitative estimate of drug-likeness (QED) is 0.705. The fourth-order valence-electron chi connectivity index (χ4n) is 2.02. The van der Waals surface area contributed by atoms with Crippen LogP contribution in [0.1, 0.15) is 40.5 Å². The van der Waals surface area contributed by atoms with Gasteiger partial charge < -0.3 is 10.1 Å². The largest absolute Gasteiger partial charge is 0.383 e. The molecular weight excluding hydrogens is 212 g/mol. The zero-order chi connectivity index (χ0) is 12.9. The van der Waals surface area contributed by atoms with Gasteiger partial charge in [0.1, 0.15) is 0 Å². The Labute approximate surface area is 107 Å². The van der Waals surface area contributed by atoms with Crippen molar-refractivity contribution in [2.75, 3.05) is 33.4 Å². The van der Waals surface area contributed by atoms with E-state index in [0.29, 0.717) is 5.92 Å². The van der Waals surface area contributed by atoms with Crippen LogP contribution in [-0.2, 0) is 4.74 Å². The molecular formula is C14H30N2O. The highest BCUT2D eigenvalue weighted by Crippen LogP contribution is 2.27. The summed E-state index contributed by atoms with van der Waals surface area (Å²) in [7, 11) is 1.79. The second-order valence-corrected chi connectivity index (χ2v) is 6.45. The highest BCUT2D eigenvalue weighted by molar-refractivity contribution is 4.85. The maximum absolute atomic E-state index is 5.19. The van der Waals surface area contributed by atoms with Gasteiger partial charge in [0.05, 0.1) is 6.61 Å². The first-order chi connectivity index (χ1) is 7.92. The SMILES string of the molecule is COCCN(CC(C)CNC(C)(C)C)C1CC1. The summed E-state index contributed by atoms with van der Waals surface area (Å²) in [5.41, 5.74) is 0.227. The van der Waals surface area contributed by atoms with Crippen molar-refractivity contribution in [1.29, 1.82) is 0 Å². The van der Waals surface area contributed by atoms with Gasteiger partial charge in [0, 0.05) is 31.8 Å². The third-order valence-corrected chi connectivity index (χ3v) is 3.17. The van der Waals surface area contributed by atoms with E-state index < -0.39 is 0 Å². The summed E-state index contributed by atoms with van der Waals surface area (Å²) in [5, 5.41) is 3.58. The Morgan fingerprint density at radius 3 is 2.47 bits per heavy atom. The van der Waals surface area contributed by atoms with E-state index in [9.17, 15) is 0 Å². The number of nitrogens with zero attached hydrogens (tertiary/aromatic N) is 1. The van der Waals surface area contributed by atoms with Crippen molar-refractivity contribution in [3.63, 3.8) is 0 Å². The van der Waals surface area contributed by atoms with Gasteiger partial charge in [-0.05, 0) is 46.1 Å². The first-order valence-electron chi connectivity index (χ1n) is 6.90. The molecule has 0 heterocycles. The van der Waals surface area contributed by atoms with E-state index in [1.54, 1.807) is 7.11 Å². The maximum atomic E-state index is 5.19.